The van der Waals surface area contributed by atoms with Crippen molar-refractivity contribution < 1.29 is 31.3 Å². The van der Waals surface area contributed by atoms with Crippen molar-refractivity contribution in [2.24, 2.45) is 10.2 Å². The Morgan fingerprint density at radius 3 is 2.23 bits per heavy atom. The van der Waals surface area contributed by atoms with Crippen LogP contribution in [0.3, 0.4) is 0 Å². The Morgan fingerprint density at radius 1 is 0.854 bits per heavy atom. The lowest BCUT2D eigenvalue weighted by atomic mass is 10.1. The van der Waals surface area contributed by atoms with E-state index in [-0.39, 0.29) is 39.3 Å². The molecule has 13 nitrogen and oxygen atoms in total. The molecule has 0 fully saturated rings. The molecule has 0 aliphatic carbocycles. The van der Waals surface area contributed by atoms with Gasteiger partial charge in [0.2, 0.25) is 0 Å². The maximum atomic E-state index is 14.2. The Balaban J connectivity index is 1.49. The third-order valence-electron chi connectivity index (χ3n) is 7.44. The summed E-state index contributed by atoms with van der Waals surface area (Å²) in [6.45, 7) is 5.25. The highest BCUT2D eigenvalue weighted by Crippen LogP contribution is 2.41. The van der Waals surface area contributed by atoms with Crippen LogP contribution < -0.4 is 20.7 Å². The van der Waals surface area contributed by atoms with Gasteiger partial charge < -0.3 is 21.5 Å². The number of phenols is 1. The molecule has 0 atom stereocenters. The van der Waals surface area contributed by atoms with Gasteiger partial charge in [-0.25, -0.2) is 13.2 Å². The smallest absolute Gasteiger partial charge is 0.323 e. The number of nitrogens with two attached hydrogens (primary N) is 1. The zero-order chi connectivity index (χ0) is 34.8. The summed E-state index contributed by atoms with van der Waals surface area (Å²) in [6.07, 6.45) is 0. The number of sulfonamides is 1. The zero-order valence-electron chi connectivity index (χ0n) is 26.0. The van der Waals surface area contributed by atoms with Crippen LogP contribution in [0.15, 0.2) is 111 Å². The minimum atomic E-state index is -4.61. The third-order valence-corrected chi connectivity index (χ3v) is 10.2. The van der Waals surface area contributed by atoms with Crippen LogP contribution in [-0.2, 0) is 20.1 Å². The number of aromatic hydroxyl groups is 1. The van der Waals surface area contributed by atoms with Crippen molar-refractivity contribution in [3.8, 4) is 5.75 Å². The SMILES string of the molecule is CCN(c1cc(C)c(NC(=O)Nc2ccccc2)cc1C)S(=O)(=O)c1ccccc1N=Nc1c(N)ccc2cc(S(=O)(=O)O)cc(O)c12. The van der Waals surface area contributed by atoms with Gasteiger partial charge in [0.05, 0.1) is 21.7 Å². The molecule has 48 heavy (non-hydrogen) atoms. The number of rotatable bonds is 9. The molecule has 0 spiro atoms. The van der Waals surface area contributed by atoms with Gasteiger partial charge in [0.1, 0.15) is 22.0 Å². The van der Waals surface area contributed by atoms with E-state index < -0.39 is 36.8 Å². The highest BCUT2D eigenvalue weighted by Gasteiger charge is 2.28. The summed E-state index contributed by atoms with van der Waals surface area (Å²) in [7, 11) is -8.85. The maximum Gasteiger partial charge on any atom is 0.323 e. The van der Waals surface area contributed by atoms with Gasteiger partial charge in [0.15, 0.2) is 0 Å². The number of azo groups is 1. The Bertz CT molecular complexity index is 2300. The lowest BCUT2D eigenvalue weighted by molar-refractivity contribution is 0.262. The first-order valence-electron chi connectivity index (χ1n) is 14.5. The first-order chi connectivity index (χ1) is 22.7. The number of carbonyl (C=O) groups excluding carboxylic acids is 1. The molecule has 0 heterocycles. The van der Waals surface area contributed by atoms with E-state index in [0.717, 1.165) is 12.1 Å². The lowest BCUT2D eigenvalue weighted by Gasteiger charge is -2.26. The van der Waals surface area contributed by atoms with Gasteiger partial charge in [0.25, 0.3) is 20.1 Å². The highest BCUT2D eigenvalue weighted by atomic mass is 32.2. The number of anilines is 4. The van der Waals surface area contributed by atoms with Crippen LogP contribution >= 0.6 is 0 Å². The number of fused-ring (bicyclic) bond motifs is 1. The number of para-hydroxylation sites is 1. The van der Waals surface area contributed by atoms with Crippen molar-refractivity contribution in [3.05, 3.63) is 102 Å². The highest BCUT2D eigenvalue weighted by molar-refractivity contribution is 7.93. The first-order valence-corrected chi connectivity index (χ1v) is 17.4. The van der Waals surface area contributed by atoms with Crippen molar-refractivity contribution in [2.75, 3.05) is 27.2 Å². The Labute approximate surface area is 277 Å². The normalized spacial score (nSPS) is 11.9. The number of nitrogens with zero attached hydrogens (tertiary/aromatic N) is 3. The molecule has 5 aromatic rings. The van der Waals surface area contributed by atoms with Crippen molar-refractivity contribution in [2.45, 2.75) is 30.6 Å². The van der Waals surface area contributed by atoms with E-state index in [1.807, 2.05) is 6.07 Å². The molecule has 0 saturated carbocycles. The second-order valence-corrected chi connectivity index (χ2v) is 14.0. The Morgan fingerprint density at radius 2 is 1.54 bits per heavy atom. The summed E-state index contributed by atoms with van der Waals surface area (Å²) >= 11 is 0. The average Bonchev–Trinajstić information content (AvgIpc) is 3.03. The van der Waals surface area contributed by atoms with Crippen LogP contribution in [0, 0.1) is 13.8 Å². The van der Waals surface area contributed by atoms with Crippen LogP contribution in [0.1, 0.15) is 18.1 Å². The van der Waals surface area contributed by atoms with Crippen molar-refractivity contribution in [1.82, 2.24) is 0 Å². The van der Waals surface area contributed by atoms with Gasteiger partial charge in [-0.05, 0) is 85.8 Å². The van der Waals surface area contributed by atoms with Crippen LogP contribution in [-0.4, -0.2) is 39.1 Å². The number of aryl methyl sites for hydroxylation is 2. The van der Waals surface area contributed by atoms with Crippen LogP contribution in [0.2, 0.25) is 0 Å². The number of amides is 2. The molecule has 5 aromatic carbocycles. The summed E-state index contributed by atoms with van der Waals surface area (Å²) in [5.74, 6) is -0.527. The molecule has 0 bridgehead atoms. The Hall–Kier alpha value is -5.51. The van der Waals surface area contributed by atoms with E-state index in [0.29, 0.717) is 28.2 Å². The summed E-state index contributed by atoms with van der Waals surface area (Å²) in [5.41, 5.74) is 8.90. The number of benzene rings is 5. The van der Waals surface area contributed by atoms with E-state index in [2.05, 4.69) is 20.9 Å². The van der Waals surface area contributed by atoms with Gasteiger partial charge >= 0.3 is 6.03 Å². The third kappa shape index (κ3) is 6.92. The Kier molecular flexibility index (Phi) is 9.38. The predicted molar refractivity (Wildman–Crippen MR) is 186 cm³/mol. The number of carbonyl (C=O) groups is 1. The molecule has 248 valence electrons. The van der Waals surface area contributed by atoms with Gasteiger partial charge in [-0.15, -0.1) is 10.2 Å². The van der Waals surface area contributed by atoms with E-state index in [9.17, 15) is 31.3 Å². The molecule has 6 N–H and O–H groups in total. The number of phenolic OH excluding ortho intramolecular Hbond substituents is 1. The number of hydrogen-bond acceptors (Lipinski definition) is 9. The average molecular weight is 689 g/mol. The van der Waals surface area contributed by atoms with Crippen molar-refractivity contribution in [3.63, 3.8) is 0 Å². The summed E-state index contributed by atoms with van der Waals surface area (Å²) in [4.78, 5) is 11.9. The molecular weight excluding hydrogens is 657 g/mol. The van der Waals surface area contributed by atoms with Crippen molar-refractivity contribution >= 4 is 71.1 Å². The molecule has 0 aliphatic rings. The fourth-order valence-corrected chi connectivity index (χ4v) is 7.32. The number of hydrogen-bond donors (Lipinski definition) is 5. The minimum absolute atomic E-state index is 0.0216. The van der Waals surface area contributed by atoms with Crippen LogP contribution in [0.4, 0.5) is 38.9 Å². The molecule has 0 aromatic heterocycles. The van der Waals surface area contributed by atoms with E-state index in [4.69, 9.17) is 5.73 Å². The fourth-order valence-electron chi connectivity index (χ4n) is 5.13. The summed E-state index contributed by atoms with van der Waals surface area (Å²) in [6, 6.07) is 22.7. The van der Waals surface area contributed by atoms with Gasteiger partial charge in [0, 0.05) is 24.0 Å². The van der Waals surface area contributed by atoms with Gasteiger partial charge in [-0.3, -0.25) is 8.86 Å². The second kappa shape index (κ2) is 13.3. The number of nitrogen functional groups attached to an aromatic ring is 1. The predicted octanol–water partition coefficient (Wildman–Crippen LogP) is 7.27. The molecular formula is C33H32N6O7S2. The standard InChI is InChI=1S/C33H32N6O7S2/c1-4-39(28-17-20(2)27(16-21(28)3)36-33(41)35-23-10-6-5-7-11-23)47(42,43)30-13-9-8-12-26(30)37-38-32-25(34)15-14-22-18-24(48(44,45)46)19-29(40)31(22)32/h5-19,40H,4,34H2,1-3H3,(H2,35,36,41)(H,44,45,46). The quantitative estimate of drug-likeness (QED) is 0.0604. The fraction of sp³-hybridized carbons (Fsp3) is 0.121. The molecule has 0 unspecified atom stereocenters. The summed E-state index contributed by atoms with van der Waals surface area (Å²) < 4.78 is 62.4. The summed E-state index contributed by atoms with van der Waals surface area (Å²) in [5, 5.41) is 24.9. The molecule has 0 aliphatic heterocycles. The van der Waals surface area contributed by atoms with Crippen LogP contribution in [0.5, 0.6) is 5.75 Å². The number of urea groups is 1. The molecule has 5 rings (SSSR count). The van der Waals surface area contributed by atoms with Gasteiger partial charge in [-0.2, -0.15) is 8.42 Å². The first kappa shape index (κ1) is 33.8. The molecule has 0 saturated heterocycles. The topological polar surface area (TPSA) is 204 Å². The van der Waals surface area contributed by atoms with Crippen LogP contribution in [0.25, 0.3) is 10.8 Å². The minimum Gasteiger partial charge on any atom is -0.507 e. The largest absolute Gasteiger partial charge is 0.507 e. The van der Waals surface area contributed by atoms with Crippen molar-refractivity contribution in [1.29, 1.82) is 0 Å². The molecule has 0 radical (unpaired) electrons. The monoisotopic (exact) mass is 688 g/mol. The van der Waals surface area contributed by atoms with E-state index in [1.165, 1.54) is 28.6 Å². The maximum absolute atomic E-state index is 14.2. The molecule has 15 heteroatoms. The zero-order valence-corrected chi connectivity index (χ0v) is 27.7. The molecule has 2 amide bonds. The van der Waals surface area contributed by atoms with Gasteiger partial charge in [-0.1, -0.05) is 36.4 Å². The van der Waals surface area contributed by atoms with E-state index in [1.54, 1.807) is 69.3 Å². The van der Waals surface area contributed by atoms with E-state index >= 15 is 0 Å². The second-order valence-electron chi connectivity index (χ2n) is 10.8. The number of nitrogens with one attached hydrogen (secondary N) is 2. The lowest BCUT2D eigenvalue weighted by Crippen LogP contribution is -2.31.